The quantitative estimate of drug-likeness (QED) is 0.740. The summed E-state index contributed by atoms with van der Waals surface area (Å²) in [6.45, 7) is 3.48. The molecule has 0 bridgehead atoms. The lowest BCUT2D eigenvalue weighted by molar-refractivity contribution is 0.0557. The van der Waals surface area contributed by atoms with Crippen LogP contribution >= 0.6 is 0 Å². The van der Waals surface area contributed by atoms with E-state index in [0.29, 0.717) is 11.1 Å². The molecule has 2 aliphatic rings. The fourth-order valence-corrected chi connectivity index (χ4v) is 2.61. The molecule has 1 aromatic rings. The third-order valence-corrected chi connectivity index (χ3v) is 3.77. The van der Waals surface area contributed by atoms with Crippen molar-refractivity contribution < 1.29 is 9.59 Å². The number of nitrogens with zero attached hydrogens (tertiary/aromatic N) is 1. The van der Waals surface area contributed by atoms with Crippen molar-refractivity contribution in [1.29, 1.82) is 0 Å². The number of hydrazine groups is 1. The van der Waals surface area contributed by atoms with Gasteiger partial charge < -0.3 is 0 Å². The van der Waals surface area contributed by atoms with Crippen molar-refractivity contribution in [2.24, 2.45) is 5.92 Å². The number of fused-ring (bicyclic) bond motifs is 1. The molecule has 18 heavy (non-hydrogen) atoms. The highest BCUT2D eigenvalue weighted by molar-refractivity contribution is 6.21. The predicted molar refractivity (Wildman–Crippen MR) is 65.9 cm³/mol. The number of hydrogen-bond acceptors (Lipinski definition) is 4. The van der Waals surface area contributed by atoms with E-state index < -0.39 is 0 Å². The van der Waals surface area contributed by atoms with Gasteiger partial charge in [-0.3, -0.25) is 25.3 Å². The Hall–Kier alpha value is -1.72. The van der Waals surface area contributed by atoms with Crippen LogP contribution in [0, 0.1) is 5.92 Å². The minimum Gasteiger partial charge on any atom is -0.271 e. The van der Waals surface area contributed by atoms with Crippen LogP contribution in [0.4, 0.5) is 0 Å². The van der Waals surface area contributed by atoms with Gasteiger partial charge in [0.15, 0.2) is 0 Å². The summed E-state index contributed by atoms with van der Waals surface area (Å²) in [5.74, 6) is -0.0859. The first-order valence-corrected chi connectivity index (χ1v) is 6.13. The molecule has 0 spiro atoms. The first kappa shape index (κ1) is 11.4. The van der Waals surface area contributed by atoms with Crippen molar-refractivity contribution in [2.45, 2.75) is 13.0 Å². The fraction of sp³-hybridized carbons (Fsp3) is 0.385. The van der Waals surface area contributed by atoms with Crippen LogP contribution in [0.15, 0.2) is 24.3 Å². The Labute approximate surface area is 105 Å². The topological polar surface area (TPSA) is 61.4 Å². The minimum absolute atomic E-state index is 0.0973. The lowest BCUT2D eigenvalue weighted by Gasteiger charge is -2.26. The lowest BCUT2D eigenvalue weighted by Crippen LogP contribution is -2.44. The molecule has 1 atom stereocenters. The summed E-state index contributed by atoms with van der Waals surface area (Å²) in [4.78, 5) is 25.9. The van der Waals surface area contributed by atoms with E-state index in [-0.39, 0.29) is 23.8 Å². The molecular formula is C13H15N3O2. The largest absolute Gasteiger partial charge is 0.271 e. The number of nitrogens with one attached hydrogen (secondary N) is 2. The van der Waals surface area contributed by atoms with E-state index in [1.54, 1.807) is 24.3 Å². The number of benzene rings is 1. The molecule has 2 aliphatic heterocycles. The molecule has 2 amide bonds. The number of rotatable bonds is 2. The maximum absolute atomic E-state index is 12.3. The van der Waals surface area contributed by atoms with Gasteiger partial charge in [-0.2, -0.15) is 0 Å². The summed E-state index contributed by atoms with van der Waals surface area (Å²) in [5, 5.41) is 0. The highest BCUT2D eigenvalue weighted by atomic mass is 16.2. The van der Waals surface area contributed by atoms with Crippen molar-refractivity contribution in [1.82, 2.24) is 15.8 Å². The molecule has 0 radical (unpaired) electrons. The van der Waals surface area contributed by atoms with Gasteiger partial charge in [0, 0.05) is 25.0 Å². The second-order valence-electron chi connectivity index (χ2n) is 4.79. The lowest BCUT2D eigenvalue weighted by atomic mass is 10.0. The van der Waals surface area contributed by atoms with Crippen molar-refractivity contribution in [3.05, 3.63) is 35.4 Å². The van der Waals surface area contributed by atoms with Crippen LogP contribution in [0.5, 0.6) is 0 Å². The van der Waals surface area contributed by atoms with Crippen molar-refractivity contribution in [2.75, 3.05) is 13.1 Å². The van der Waals surface area contributed by atoms with Gasteiger partial charge in [0.05, 0.1) is 11.1 Å². The highest BCUT2D eigenvalue weighted by Gasteiger charge is 2.41. The summed E-state index contributed by atoms with van der Waals surface area (Å²) >= 11 is 0. The van der Waals surface area contributed by atoms with Crippen LogP contribution in [0.3, 0.4) is 0 Å². The van der Waals surface area contributed by atoms with Crippen molar-refractivity contribution in [3.63, 3.8) is 0 Å². The highest BCUT2D eigenvalue weighted by Crippen LogP contribution is 2.27. The van der Waals surface area contributed by atoms with Gasteiger partial charge in [-0.15, -0.1) is 0 Å². The van der Waals surface area contributed by atoms with E-state index in [9.17, 15) is 9.59 Å². The van der Waals surface area contributed by atoms with E-state index in [0.717, 1.165) is 13.1 Å². The average Bonchev–Trinajstić information content (AvgIpc) is 2.99. The van der Waals surface area contributed by atoms with Crippen molar-refractivity contribution >= 4 is 11.8 Å². The zero-order chi connectivity index (χ0) is 12.7. The van der Waals surface area contributed by atoms with Crippen LogP contribution in [0.1, 0.15) is 27.6 Å². The van der Waals surface area contributed by atoms with Gasteiger partial charge in [-0.25, -0.2) is 0 Å². The first-order chi connectivity index (χ1) is 8.70. The van der Waals surface area contributed by atoms with Crippen LogP contribution in [0.2, 0.25) is 0 Å². The second kappa shape index (κ2) is 4.19. The Bertz CT molecular complexity index is 474. The Morgan fingerprint density at radius 1 is 1.11 bits per heavy atom. The second-order valence-corrected chi connectivity index (χ2v) is 4.79. The van der Waals surface area contributed by atoms with Crippen LogP contribution < -0.4 is 10.9 Å². The molecule has 5 heteroatoms. The van der Waals surface area contributed by atoms with E-state index >= 15 is 0 Å². The van der Waals surface area contributed by atoms with E-state index in [1.807, 2.05) is 6.92 Å². The van der Waals surface area contributed by atoms with Gasteiger partial charge in [-0.1, -0.05) is 12.1 Å². The van der Waals surface area contributed by atoms with Crippen LogP contribution in [0.25, 0.3) is 0 Å². The number of imide groups is 1. The smallest absolute Gasteiger partial charge is 0.261 e. The van der Waals surface area contributed by atoms with Crippen molar-refractivity contribution in [3.8, 4) is 0 Å². The molecule has 1 fully saturated rings. The van der Waals surface area contributed by atoms with Crippen LogP contribution in [-0.4, -0.2) is 35.8 Å². The maximum Gasteiger partial charge on any atom is 0.261 e. The molecule has 94 valence electrons. The third kappa shape index (κ3) is 1.55. The normalized spacial score (nSPS) is 21.5. The fourth-order valence-electron chi connectivity index (χ4n) is 2.61. The van der Waals surface area contributed by atoms with Crippen LogP contribution in [-0.2, 0) is 0 Å². The van der Waals surface area contributed by atoms with E-state index in [2.05, 4.69) is 10.9 Å². The molecule has 0 saturated carbocycles. The molecule has 1 unspecified atom stereocenters. The van der Waals surface area contributed by atoms with E-state index in [4.69, 9.17) is 0 Å². The molecule has 2 heterocycles. The predicted octanol–water partition coefficient (Wildman–Crippen LogP) is 0.395. The summed E-state index contributed by atoms with van der Waals surface area (Å²) in [6.07, 6.45) is 0. The Morgan fingerprint density at radius 2 is 1.61 bits per heavy atom. The molecule has 3 rings (SSSR count). The number of hydrogen-bond donors (Lipinski definition) is 2. The van der Waals surface area contributed by atoms with Gasteiger partial charge >= 0.3 is 0 Å². The van der Waals surface area contributed by atoms with Gasteiger partial charge in [0.1, 0.15) is 0 Å². The molecule has 1 aromatic carbocycles. The SMILES string of the molecule is CC(C1CNNC1)N1C(=O)c2ccccc2C1=O. The number of carbonyl (C=O) groups is 2. The third-order valence-electron chi connectivity index (χ3n) is 3.77. The summed E-state index contributed by atoms with van der Waals surface area (Å²) in [5.41, 5.74) is 7.10. The zero-order valence-electron chi connectivity index (χ0n) is 10.1. The summed E-state index contributed by atoms with van der Waals surface area (Å²) in [7, 11) is 0. The monoisotopic (exact) mass is 245 g/mol. The summed E-state index contributed by atoms with van der Waals surface area (Å²) in [6, 6.07) is 6.91. The van der Waals surface area contributed by atoms with E-state index in [1.165, 1.54) is 4.90 Å². The minimum atomic E-state index is -0.171. The first-order valence-electron chi connectivity index (χ1n) is 6.13. The molecule has 0 aliphatic carbocycles. The molecule has 0 aromatic heterocycles. The Balaban J connectivity index is 1.91. The molecule has 5 nitrogen and oxygen atoms in total. The van der Waals surface area contributed by atoms with Gasteiger partial charge in [0.25, 0.3) is 11.8 Å². The van der Waals surface area contributed by atoms with Gasteiger partial charge in [0.2, 0.25) is 0 Å². The Kier molecular flexibility index (Phi) is 2.65. The average molecular weight is 245 g/mol. The number of carbonyl (C=O) groups excluding carboxylic acids is 2. The molecule has 2 N–H and O–H groups in total. The molecular weight excluding hydrogens is 230 g/mol. The molecule has 1 saturated heterocycles. The summed E-state index contributed by atoms with van der Waals surface area (Å²) < 4.78 is 0. The Morgan fingerprint density at radius 3 is 2.11 bits per heavy atom. The van der Waals surface area contributed by atoms with Gasteiger partial charge in [-0.05, 0) is 19.1 Å². The zero-order valence-corrected chi connectivity index (χ0v) is 10.1. The number of amides is 2. The standard InChI is InChI=1S/C13H15N3O2/c1-8(9-6-14-15-7-9)16-12(17)10-4-2-3-5-11(10)13(16)18/h2-5,8-9,14-15H,6-7H2,1H3. The maximum atomic E-state index is 12.3.